The zero-order chi connectivity index (χ0) is 18.7. The number of carbonyl (C=O) groups is 1. The maximum Gasteiger partial charge on any atom is 0.214 e. The number of carbonyl (C=O) groups excluding carboxylic acids is 1. The van der Waals surface area contributed by atoms with Gasteiger partial charge in [0, 0.05) is 5.56 Å². The molecule has 26 heavy (non-hydrogen) atoms. The van der Waals surface area contributed by atoms with E-state index < -0.39 is 0 Å². The fraction of sp³-hybridized carbons (Fsp3) is 0.300. The van der Waals surface area contributed by atoms with Gasteiger partial charge in [-0.05, 0) is 40.5 Å². The molecule has 6 heteroatoms. The van der Waals surface area contributed by atoms with Crippen molar-refractivity contribution < 1.29 is 4.79 Å². The third kappa shape index (κ3) is 4.19. The molecule has 1 heterocycles. The van der Waals surface area contributed by atoms with Gasteiger partial charge in [0.05, 0.1) is 11.4 Å². The van der Waals surface area contributed by atoms with Gasteiger partial charge in [-0.25, -0.2) is 0 Å². The lowest BCUT2D eigenvalue weighted by Crippen LogP contribution is -2.11. The molecule has 0 amide bonds. The molecule has 3 rings (SSSR count). The fourth-order valence-electron chi connectivity index (χ4n) is 2.49. The maximum absolute atomic E-state index is 12.5. The Morgan fingerprint density at radius 1 is 1.04 bits per heavy atom. The molecule has 1 aromatic heterocycles. The molecule has 2 aromatic carbocycles. The molecule has 0 fully saturated rings. The molecule has 0 saturated heterocycles. The minimum Gasteiger partial charge on any atom is -0.293 e. The molecule has 5 nitrogen and oxygen atoms in total. The highest BCUT2D eigenvalue weighted by molar-refractivity contribution is 7.99. The number of tetrazole rings is 1. The van der Waals surface area contributed by atoms with Crippen LogP contribution in [0.1, 0.15) is 42.3 Å². The number of nitrogens with zero attached hydrogens (tertiary/aromatic N) is 4. The number of benzene rings is 2. The summed E-state index contributed by atoms with van der Waals surface area (Å²) in [6, 6.07) is 15.8. The lowest BCUT2D eigenvalue weighted by atomic mass is 9.86. The van der Waals surface area contributed by atoms with Crippen LogP contribution >= 0.6 is 11.8 Å². The minimum atomic E-state index is 0.0638. The molecule has 0 unspecified atom stereocenters. The Kier molecular flexibility index (Phi) is 5.23. The summed E-state index contributed by atoms with van der Waals surface area (Å²) in [4.78, 5) is 12.5. The number of aryl methyl sites for hydroxylation is 1. The molecule has 0 radical (unpaired) electrons. The van der Waals surface area contributed by atoms with Crippen molar-refractivity contribution in [2.45, 2.75) is 38.3 Å². The first-order valence-electron chi connectivity index (χ1n) is 8.46. The van der Waals surface area contributed by atoms with Crippen LogP contribution in [0.3, 0.4) is 0 Å². The van der Waals surface area contributed by atoms with E-state index in [2.05, 4.69) is 36.3 Å². The number of rotatable bonds is 5. The second-order valence-corrected chi connectivity index (χ2v) is 8.19. The molecule has 3 aromatic rings. The Morgan fingerprint density at radius 3 is 2.31 bits per heavy atom. The number of aromatic nitrogens is 4. The maximum atomic E-state index is 12.5. The van der Waals surface area contributed by atoms with Crippen LogP contribution in [0.15, 0.2) is 53.7 Å². The van der Waals surface area contributed by atoms with Crippen LogP contribution in [-0.4, -0.2) is 31.7 Å². The Balaban J connectivity index is 1.69. The number of hydrogen-bond acceptors (Lipinski definition) is 5. The molecule has 0 bridgehead atoms. The van der Waals surface area contributed by atoms with Crippen LogP contribution in [0, 0.1) is 6.92 Å². The summed E-state index contributed by atoms with van der Waals surface area (Å²) < 4.78 is 1.65. The van der Waals surface area contributed by atoms with Crippen molar-refractivity contribution in [3.8, 4) is 5.69 Å². The Bertz CT molecular complexity index is 893. The van der Waals surface area contributed by atoms with E-state index in [9.17, 15) is 4.79 Å². The van der Waals surface area contributed by atoms with Gasteiger partial charge in [-0.2, -0.15) is 4.68 Å². The molecule has 0 aliphatic carbocycles. The number of hydrogen-bond donors (Lipinski definition) is 0. The van der Waals surface area contributed by atoms with Gasteiger partial charge < -0.3 is 0 Å². The van der Waals surface area contributed by atoms with Crippen molar-refractivity contribution in [2.24, 2.45) is 0 Å². The average Bonchev–Trinajstić information content (AvgIpc) is 3.08. The summed E-state index contributed by atoms with van der Waals surface area (Å²) in [5.74, 6) is 0.357. The molecule has 0 aliphatic heterocycles. The van der Waals surface area contributed by atoms with Crippen molar-refractivity contribution >= 4 is 17.5 Å². The van der Waals surface area contributed by atoms with Crippen molar-refractivity contribution in [1.82, 2.24) is 20.2 Å². The van der Waals surface area contributed by atoms with Crippen LogP contribution in [0.4, 0.5) is 0 Å². The summed E-state index contributed by atoms with van der Waals surface area (Å²) in [7, 11) is 0. The number of ketones is 1. The summed E-state index contributed by atoms with van der Waals surface area (Å²) in [5.41, 5.74) is 4.05. The first-order valence-corrected chi connectivity index (χ1v) is 9.45. The van der Waals surface area contributed by atoms with E-state index in [1.54, 1.807) is 4.68 Å². The zero-order valence-electron chi connectivity index (χ0n) is 15.4. The molecular formula is C20H22N4OS. The van der Waals surface area contributed by atoms with Crippen LogP contribution in [0.25, 0.3) is 5.69 Å². The summed E-state index contributed by atoms with van der Waals surface area (Å²) in [6.07, 6.45) is 0. The second kappa shape index (κ2) is 7.41. The lowest BCUT2D eigenvalue weighted by molar-refractivity contribution is 0.102. The summed E-state index contributed by atoms with van der Waals surface area (Å²) >= 11 is 1.34. The van der Waals surface area contributed by atoms with E-state index in [1.165, 1.54) is 22.9 Å². The van der Waals surface area contributed by atoms with Crippen molar-refractivity contribution in [1.29, 1.82) is 0 Å². The van der Waals surface area contributed by atoms with Gasteiger partial charge in [-0.1, -0.05) is 74.5 Å². The van der Waals surface area contributed by atoms with E-state index in [1.807, 2.05) is 55.5 Å². The second-order valence-electron chi connectivity index (χ2n) is 7.25. The molecule has 0 N–H and O–H groups in total. The van der Waals surface area contributed by atoms with E-state index >= 15 is 0 Å². The first-order chi connectivity index (χ1) is 12.3. The summed E-state index contributed by atoms with van der Waals surface area (Å²) in [5, 5.41) is 12.4. The summed E-state index contributed by atoms with van der Waals surface area (Å²) in [6.45, 7) is 8.50. The Labute approximate surface area is 157 Å². The number of Topliss-reactive ketones (excluding diaryl/α,β-unsaturated/α-hetero) is 1. The molecule has 0 aliphatic rings. The predicted molar refractivity (Wildman–Crippen MR) is 104 cm³/mol. The van der Waals surface area contributed by atoms with Crippen LogP contribution in [0.5, 0.6) is 0 Å². The highest BCUT2D eigenvalue weighted by Crippen LogP contribution is 2.23. The molecular weight excluding hydrogens is 344 g/mol. The smallest absolute Gasteiger partial charge is 0.214 e. The van der Waals surface area contributed by atoms with Gasteiger partial charge in [0.25, 0.3) is 0 Å². The van der Waals surface area contributed by atoms with Gasteiger partial charge in [0.2, 0.25) is 5.16 Å². The fourth-order valence-corrected chi connectivity index (χ4v) is 3.27. The Morgan fingerprint density at radius 2 is 1.69 bits per heavy atom. The SMILES string of the molecule is Cc1ccc(-n2nnnc2SCC(=O)c2ccc(C(C)(C)C)cc2)cc1. The van der Waals surface area contributed by atoms with Crippen LogP contribution in [-0.2, 0) is 5.41 Å². The van der Waals surface area contributed by atoms with Crippen LogP contribution in [0.2, 0.25) is 0 Å². The van der Waals surface area contributed by atoms with Gasteiger partial charge in [0.1, 0.15) is 0 Å². The Hall–Kier alpha value is -2.47. The van der Waals surface area contributed by atoms with Crippen molar-refractivity contribution in [2.75, 3.05) is 5.75 Å². The van der Waals surface area contributed by atoms with Gasteiger partial charge >= 0.3 is 0 Å². The van der Waals surface area contributed by atoms with Gasteiger partial charge in [0.15, 0.2) is 5.78 Å². The standard InChI is InChI=1S/C20H22N4OS/c1-14-5-11-17(12-6-14)24-19(21-22-23-24)26-13-18(25)15-7-9-16(10-8-15)20(2,3)4/h5-12H,13H2,1-4H3. The van der Waals surface area contributed by atoms with Gasteiger partial charge in [-0.15, -0.1) is 5.10 Å². The first kappa shape index (κ1) is 18.3. The molecule has 0 atom stereocenters. The largest absolute Gasteiger partial charge is 0.293 e. The topological polar surface area (TPSA) is 60.7 Å². The van der Waals surface area contributed by atoms with Crippen LogP contribution < -0.4 is 0 Å². The highest BCUT2D eigenvalue weighted by Gasteiger charge is 2.16. The molecule has 0 spiro atoms. The average molecular weight is 366 g/mol. The highest BCUT2D eigenvalue weighted by atomic mass is 32.2. The van der Waals surface area contributed by atoms with E-state index in [0.29, 0.717) is 16.5 Å². The van der Waals surface area contributed by atoms with Crippen molar-refractivity contribution in [3.05, 3.63) is 65.2 Å². The minimum absolute atomic E-state index is 0.0638. The lowest BCUT2D eigenvalue weighted by Gasteiger charge is -2.18. The van der Waals surface area contributed by atoms with E-state index in [-0.39, 0.29) is 11.2 Å². The molecule has 0 saturated carbocycles. The third-order valence-electron chi connectivity index (χ3n) is 4.12. The third-order valence-corrected chi connectivity index (χ3v) is 5.04. The number of thioether (sulfide) groups is 1. The van der Waals surface area contributed by atoms with Crippen molar-refractivity contribution in [3.63, 3.8) is 0 Å². The zero-order valence-corrected chi connectivity index (χ0v) is 16.2. The predicted octanol–water partition coefficient (Wildman–Crippen LogP) is 4.24. The molecule has 134 valence electrons. The van der Waals surface area contributed by atoms with E-state index in [0.717, 1.165) is 5.69 Å². The quantitative estimate of drug-likeness (QED) is 0.499. The van der Waals surface area contributed by atoms with Gasteiger partial charge in [-0.3, -0.25) is 4.79 Å². The monoisotopic (exact) mass is 366 g/mol. The van der Waals surface area contributed by atoms with E-state index in [4.69, 9.17) is 0 Å². The normalized spacial score (nSPS) is 11.5.